The number of halogens is 2. The van der Waals surface area contributed by atoms with E-state index >= 15 is 0 Å². The van der Waals surface area contributed by atoms with Gasteiger partial charge in [-0.3, -0.25) is 9.40 Å². The molecule has 2 aromatic heterocycles. The second-order valence-electron chi connectivity index (χ2n) is 8.56. The van der Waals surface area contributed by atoms with Crippen molar-refractivity contribution in [2.45, 2.75) is 36.9 Å². The number of sulfonamides is 1. The molecule has 2 aromatic carbocycles. The van der Waals surface area contributed by atoms with Gasteiger partial charge in [0.25, 0.3) is 10.0 Å². The molecular formula is C25H22F2N6O3S. The van der Waals surface area contributed by atoms with Crippen molar-refractivity contribution in [2.24, 2.45) is 0 Å². The molecule has 5 rings (SSSR count). The van der Waals surface area contributed by atoms with Crippen molar-refractivity contribution >= 4 is 38.8 Å². The first-order valence-electron chi connectivity index (χ1n) is 11.5. The van der Waals surface area contributed by atoms with Crippen molar-refractivity contribution in [1.82, 2.24) is 19.6 Å². The van der Waals surface area contributed by atoms with Crippen LogP contribution < -0.4 is 4.72 Å². The van der Waals surface area contributed by atoms with Crippen molar-refractivity contribution in [2.75, 3.05) is 11.3 Å². The predicted molar refractivity (Wildman–Crippen MR) is 133 cm³/mol. The Morgan fingerprint density at radius 2 is 1.97 bits per heavy atom. The highest BCUT2D eigenvalue weighted by Gasteiger charge is 2.22. The fraction of sp³-hybridized carbons (Fsp3) is 0.240. The van der Waals surface area contributed by atoms with E-state index < -0.39 is 26.6 Å². The zero-order valence-corrected chi connectivity index (χ0v) is 20.3. The topological polar surface area (TPSA) is 115 Å². The Bertz CT molecular complexity index is 1610. The number of ether oxygens (including phenoxy) is 1. The number of aromatic nitrogens is 4. The van der Waals surface area contributed by atoms with Crippen LogP contribution in [0.15, 0.2) is 53.7 Å². The molecule has 1 aliphatic heterocycles. The summed E-state index contributed by atoms with van der Waals surface area (Å²) in [7, 11) is -4.25. The van der Waals surface area contributed by atoms with Crippen LogP contribution in [0.3, 0.4) is 0 Å². The van der Waals surface area contributed by atoms with Crippen LogP contribution in [0.1, 0.15) is 36.7 Å². The quantitative estimate of drug-likeness (QED) is 0.375. The summed E-state index contributed by atoms with van der Waals surface area (Å²) in [5.41, 5.74) is 2.27. The highest BCUT2D eigenvalue weighted by molar-refractivity contribution is 7.92. The first-order valence-corrected chi connectivity index (χ1v) is 13.0. The van der Waals surface area contributed by atoms with Crippen LogP contribution >= 0.6 is 0 Å². The molecule has 37 heavy (non-hydrogen) atoms. The second-order valence-corrected chi connectivity index (χ2v) is 10.2. The number of nitriles is 1. The molecule has 4 aromatic rings. The average molecular weight is 525 g/mol. The number of nitrogens with zero attached hydrogens (tertiary/aromatic N) is 5. The van der Waals surface area contributed by atoms with E-state index in [2.05, 4.69) is 9.82 Å². The summed E-state index contributed by atoms with van der Waals surface area (Å²) in [5, 5.41) is 18.4. The molecule has 0 aliphatic carbocycles. The standard InChI is InChI=1S/C25H22F2N6O3S/c26-18-11-19(27)13-21(12-18)37(34,35)31-20-5-7-24-22(14-20)23(30-33(24)25-3-1-2-10-36-25)6-4-17-15-29-32(16-17)9-8-28/h4-7,11-16,25,31H,1-3,9-10H2/b6-4+. The lowest BCUT2D eigenvalue weighted by Gasteiger charge is -2.23. The Kier molecular flexibility index (Phi) is 6.73. The van der Waals surface area contributed by atoms with Crippen LogP contribution in [0.2, 0.25) is 0 Å². The van der Waals surface area contributed by atoms with E-state index in [1.165, 1.54) is 4.68 Å². The Balaban J connectivity index is 1.52. The number of hydrogen-bond donors (Lipinski definition) is 1. The van der Waals surface area contributed by atoms with Crippen molar-refractivity contribution in [1.29, 1.82) is 5.26 Å². The lowest BCUT2D eigenvalue weighted by atomic mass is 10.1. The third kappa shape index (κ3) is 5.37. The largest absolute Gasteiger partial charge is 0.356 e. The van der Waals surface area contributed by atoms with Gasteiger partial charge >= 0.3 is 0 Å². The summed E-state index contributed by atoms with van der Waals surface area (Å²) in [6.07, 6.45) is 9.42. The van der Waals surface area contributed by atoms with Gasteiger partial charge in [0.1, 0.15) is 18.2 Å². The summed E-state index contributed by atoms with van der Waals surface area (Å²) in [4.78, 5) is -0.522. The fourth-order valence-electron chi connectivity index (χ4n) is 4.18. The van der Waals surface area contributed by atoms with E-state index in [4.69, 9.17) is 15.1 Å². The Morgan fingerprint density at radius 3 is 2.70 bits per heavy atom. The third-order valence-corrected chi connectivity index (χ3v) is 7.24. The minimum atomic E-state index is -4.25. The highest BCUT2D eigenvalue weighted by Crippen LogP contribution is 2.31. The zero-order chi connectivity index (χ0) is 26.0. The van der Waals surface area contributed by atoms with Crippen LogP contribution in [-0.2, 0) is 21.3 Å². The van der Waals surface area contributed by atoms with Crippen molar-refractivity contribution in [3.63, 3.8) is 0 Å². The number of anilines is 1. The molecule has 1 atom stereocenters. The smallest absolute Gasteiger partial charge is 0.262 e. The zero-order valence-electron chi connectivity index (χ0n) is 19.5. The van der Waals surface area contributed by atoms with Gasteiger partial charge < -0.3 is 4.74 Å². The van der Waals surface area contributed by atoms with E-state index in [0.29, 0.717) is 23.8 Å². The molecule has 9 nitrogen and oxygen atoms in total. The molecule has 3 heterocycles. The maximum absolute atomic E-state index is 13.6. The molecule has 0 saturated carbocycles. The van der Waals surface area contributed by atoms with Crippen molar-refractivity contribution < 1.29 is 21.9 Å². The van der Waals surface area contributed by atoms with E-state index in [0.717, 1.165) is 42.5 Å². The second kappa shape index (κ2) is 10.1. The maximum atomic E-state index is 13.6. The Labute approximate surface area is 211 Å². The Morgan fingerprint density at radius 1 is 1.16 bits per heavy atom. The molecule has 190 valence electrons. The van der Waals surface area contributed by atoms with Gasteiger partial charge in [0, 0.05) is 35.5 Å². The van der Waals surface area contributed by atoms with E-state index in [1.807, 2.05) is 6.07 Å². The Hall–Kier alpha value is -4.08. The predicted octanol–water partition coefficient (Wildman–Crippen LogP) is 4.70. The molecule has 12 heteroatoms. The molecule has 1 aliphatic rings. The maximum Gasteiger partial charge on any atom is 0.262 e. The lowest BCUT2D eigenvalue weighted by molar-refractivity contribution is -0.0367. The van der Waals surface area contributed by atoms with Crippen molar-refractivity contribution in [3.8, 4) is 6.07 Å². The summed E-state index contributed by atoms with van der Waals surface area (Å²) in [5.74, 6) is -1.98. The summed E-state index contributed by atoms with van der Waals surface area (Å²) >= 11 is 0. The van der Waals surface area contributed by atoms with Gasteiger partial charge in [0.2, 0.25) is 0 Å². The number of fused-ring (bicyclic) bond motifs is 1. The van der Waals surface area contributed by atoms with Gasteiger partial charge in [-0.25, -0.2) is 21.9 Å². The lowest BCUT2D eigenvalue weighted by Crippen LogP contribution is -2.19. The number of nitrogens with one attached hydrogen (secondary N) is 1. The summed E-state index contributed by atoms with van der Waals surface area (Å²) < 4.78 is 64.5. The van der Waals surface area contributed by atoms with Gasteiger partial charge in [-0.15, -0.1) is 0 Å². The molecule has 1 N–H and O–H groups in total. The van der Waals surface area contributed by atoms with Crippen LogP contribution in [-0.4, -0.2) is 34.6 Å². The SMILES string of the molecule is N#CCn1cc(/C=C/c2nn(C3CCCCO3)c3ccc(NS(=O)(=O)c4cc(F)cc(F)c4)cc23)cn1. The normalized spacial score (nSPS) is 16.3. The minimum Gasteiger partial charge on any atom is -0.356 e. The van der Waals surface area contributed by atoms with Crippen LogP contribution in [0.25, 0.3) is 23.1 Å². The monoisotopic (exact) mass is 524 g/mol. The van der Waals surface area contributed by atoms with Gasteiger partial charge in [0.05, 0.1) is 28.4 Å². The van der Waals surface area contributed by atoms with E-state index in [1.54, 1.807) is 47.4 Å². The first-order chi connectivity index (χ1) is 17.8. The molecule has 1 fully saturated rings. The minimum absolute atomic E-state index is 0.128. The average Bonchev–Trinajstić information content (AvgIpc) is 3.47. The summed E-state index contributed by atoms with van der Waals surface area (Å²) in [6.45, 7) is 0.750. The number of benzene rings is 2. The third-order valence-electron chi connectivity index (χ3n) is 5.88. The van der Waals surface area contributed by atoms with Gasteiger partial charge in [-0.2, -0.15) is 15.5 Å². The van der Waals surface area contributed by atoms with E-state index in [9.17, 15) is 17.2 Å². The molecule has 0 spiro atoms. The van der Waals surface area contributed by atoms with Gasteiger partial charge in [0.15, 0.2) is 6.23 Å². The first kappa shape index (κ1) is 24.6. The molecule has 1 saturated heterocycles. The molecule has 1 unspecified atom stereocenters. The van der Waals surface area contributed by atoms with E-state index in [-0.39, 0.29) is 18.5 Å². The molecule has 0 amide bonds. The summed E-state index contributed by atoms with van der Waals surface area (Å²) in [6, 6.07) is 9.05. The molecule has 0 bridgehead atoms. The van der Waals surface area contributed by atoms with Crippen LogP contribution in [0.4, 0.5) is 14.5 Å². The number of hydrogen-bond acceptors (Lipinski definition) is 6. The van der Waals surface area contributed by atoms with Gasteiger partial charge in [-0.1, -0.05) is 0 Å². The molecule has 0 radical (unpaired) electrons. The van der Waals surface area contributed by atoms with Crippen molar-refractivity contribution in [3.05, 3.63) is 71.7 Å². The van der Waals surface area contributed by atoms with Crippen LogP contribution in [0, 0.1) is 23.0 Å². The van der Waals surface area contributed by atoms with Gasteiger partial charge in [-0.05, 0) is 61.7 Å². The fourth-order valence-corrected chi connectivity index (χ4v) is 5.28. The molecular weight excluding hydrogens is 502 g/mol. The highest BCUT2D eigenvalue weighted by atomic mass is 32.2. The number of rotatable bonds is 7. The van der Waals surface area contributed by atoms with Crippen LogP contribution in [0.5, 0.6) is 0 Å².